The quantitative estimate of drug-likeness (QED) is 0.511. The molecule has 1 aliphatic heterocycles. The van der Waals surface area contributed by atoms with E-state index in [0.717, 1.165) is 59.8 Å². The van der Waals surface area contributed by atoms with Crippen molar-refractivity contribution in [3.05, 3.63) is 73.2 Å². The number of pyridine rings is 2. The van der Waals surface area contributed by atoms with Gasteiger partial charge in [0.15, 0.2) is 0 Å². The van der Waals surface area contributed by atoms with Gasteiger partial charge >= 0.3 is 0 Å². The van der Waals surface area contributed by atoms with Crippen LogP contribution in [0.5, 0.6) is 0 Å². The first-order valence-electron chi connectivity index (χ1n) is 10.8. The zero-order valence-electron chi connectivity index (χ0n) is 17.6. The van der Waals surface area contributed by atoms with Crippen molar-refractivity contribution >= 4 is 5.69 Å². The number of nitrogens with one attached hydrogen (secondary N) is 2. The van der Waals surface area contributed by atoms with E-state index in [4.69, 9.17) is 0 Å². The second kappa shape index (κ2) is 8.70. The molecular weight excluding hydrogens is 384 g/mol. The van der Waals surface area contributed by atoms with E-state index >= 15 is 0 Å². The van der Waals surface area contributed by atoms with Gasteiger partial charge in [-0.1, -0.05) is 25.1 Å². The van der Waals surface area contributed by atoms with Crippen molar-refractivity contribution in [1.29, 1.82) is 0 Å². The molecule has 0 radical (unpaired) electrons. The number of anilines is 1. The molecule has 2 N–H and O–H groups in total. The number of H-pyrrole nitrogens is 1. The second-order valence-corrected chi connectivity index (χ2v) is 7.80. The SMILES string of the molecule is CCC1CNCCN1c1ccc(-c2cc(-c3c[nH]nc3-c3ccccn3)ccn2)cc1. The lowest BCUT2D eigenvalue weighted by Gasteiger charge is -2.37. The maximum Gasteiger partial charge on any atom is 0.118 e. The van der Waals surface area contributed by atoms with Gasteiger partial charge < -0.3 is 10.2 Å². The highest BCUT2D eigenvalue weighted by Gasteiger charge is 2.20. The summed E-state index contributed by atoms with van der Waals surface area (Å²) in [6, 6.07) is 19.3. The first-order valence-corrected chi connectivity index (χ1v) is 10.8. The Morgan fingerprint density at radius 1 is 0.968 bits per heavy atom. The van der Waals surface area contributed by atoms with Crippen LogP contribution in [0, 0.1) is 0 Å². The third-order valence-corrected chi connectivity index (χ3v) is 5.93. The maximum atomic E-state index is 4.63. The summed E-state index contributed by atoms with van der Waals surface area (Å²) in [6.07, 6.45) is 6.70. The molecule has 4 aromatic rings. The predicted octanol–water partition coefficient (Wildman–Crippen LogP) is 4.39. The Morgan fingerprint density at radius 2 is 1.84 bits per heavy atom. The highest BCUT2D eigenvalue weighted by atomic mass is 15.2. The van der Waals surface area contributed by atoms with E-state index in [1.165, 1.54) is 5.69 Å². The molecule has 6 heteroatoms. The summed E-state index contributed by atoms with van der Waals surface area (Å²) < 4.78 is 0. The topological polar surface area (TPSA) is 69.7 Å². The van der Waals surface area contributed by atoms with E-state index in [1.807, 2.05) is 36.7 Å². The van der Waals surface area contributed by atoms with Gasteiger partial charge in [-0.3, -0.25) is 15.1 Å². The molecule has 0 saturated carbocycles. The summed E-state index contributed by atoms with van der Waals surface area (Å²) in [5.41, 5.74) is 7.12. The summed E-state index contributed by atoms with van der Waals surface area (Å²) in [7, 11) is 0. The number of hydrogen-bond acceptors (Lipinski definition) is 5. The minimum absolute atomic E-state index is 0.548. The molecule has 4 heterocycles. The van der Waals surface area contributed by atoms with Crippen LogP contribution in [-0.2, 0) is 0 Å². The summed E-state index contributed by atoms with van der Waals surface area (Å²) in [5.74, 6) is 0. The van der Waals surface area contributed by atoms with Crippen LogP contribution in [-0.4, -0.2) is 45.8 Å². The molecule has 156 valence electrons. The summed E-state index contributed by atoms with van der Waals surface area (Å²) in [4.78, 5) is 11.6. The van der Waals surface area contributed by atoms with Crippen molar-refractivity contribution < 1.29 is 0 Å². The molecule has 0 amide bonds. The molecule has 1 atom stereocenters. The van der Waals surface area contributed by atoms with Gasteiger partial charge in [0, 0.05) is 61.1 Å². The van der Waals surface area contributed by atoms with Gasteiger partial charge in [-0.05, 0) is 48.4 Å². The van der Waals surface area contributed by atoms with E-state index in [1.54, 1.807) is 6.20 Å². The van der Waals surface area contributed by atoms with E-state index in [0.29, 0.717) is 6.04 Å². The number of aromatic nitrogens is 4. The smallest absolute Gasteiger partial charge is 0.118 e. The first kappa shape index (κ1) is 19.5. The molecule has 0 bridgehead atoms. The molecule has 31 heavy (non-hydrogen) atoms. The van der Waals surface area contributed by atoms with Gasteiger partial charge in [-0.2, -0.15) is 5.10 Å². The Morgan fingerprint density at radius 3 is 2.65 bits per heavy atom. The lowest BCUT2D eigenvalue weighted by Crippen LogP contribution is -2.51. The van der Waals surface area contributed by atoms with E-state index in [-0.39, 0.29) is 0 Å². The van der Waals surface area contributed by atoms with Crippen LogP contribution in [0.25, 0.3) is 33.8 Å². The van der Waals surface area contributed by atoms with Crippen LogP contribution < -0.4 is 10.2 Å². The lowest BCUT2D eigenvalue weighted by molar-refractivity contribution is 0.466. The molecule has 1 aromatic carbocycles. The third kappa shape index (κ3) is 3.94. The zero-order chi connectivity index (χ0) is 21.0. The third-order valence-electron chi connectivity index (χ3n) is 5.93. The normalized spacial score (nSPS) is 16.4. The second-order valence-electron chi connectivity index (χ2n) is 7.80. The van der Waals surface area contributed by atoms with Gasteiger partial charge in [-0.25, -0.2) is 0 Å². The van der Waals surface area contributed by atoms with Gasteiger partial charge in [0.05, 0.1) is 11.4 Å². The van der Waals surface area contributed by atoms with Crippen LogP contribution in [0.4, 0.5) is 5.69 Å². The first-order chi connectivity index (χ1) is 15.3. The van der Waals surface area contributed by atoms with Crippen molar-refractivity contribution in [3.63, 3.8) is 0 Å². The number of rotatable bonds is 5. The summed E-state index contributed by atoms with van der Waals surface area (Å²) in [5, 5.41) is 10.9. The monoisotopic (exact) mass is 410 g/mol. The molecule has 6 nitrogen and oxygen atoms in total. The Hall–Kier alpha value is -3.51. The van der Waals surface area contributed by atoms with Crippen LogP contribution >= 0.6 is 0 Å². The van der Waals surface area contributed by atoms with Crippen LogP contribution in [0.2, 0.25) is 0 Å². The van der Waals surface area contributed by atoms with Crippen molar-refractivity contribution in [3.8, 4) is 33.8 Å². The van der Waals surface area contributed by atoms with Crippen LogP contribution in [0.1, 0.15) is 13.3 Å². The highest BCUT2D eigenvalue weighted by Crippen LogP contribution is 2.31. The minimum Gasteiger partial charge on any atom is -0.366 e. The Balaban J connectivity index is 1.43. The molecular formula is C25H26N6. The van der Waals surface area contributed by atoms with E-state index < -0.39 is 0 Å². The average molecular weight is 411 g/mol. The Bertz CT molecular complexity index is 1140. The molecule has 0 spiro atoms. The van der Waals surface area contributed by atoms with Crippen molar-refractivity contribution in [2.75, 3.05) is 24.5 Å². The number of nitrogens with zero attached hydrogens (tertiary/aromatic N) is 4. The standard InChI is InChI=1S/C25H26N6/c1-2-20-16-26-13-14-31(20)21-8-6-18(7-9-21)24-15-19(10-12-28-24)22-17-29-30-25(22)23-5-3-4-11-27-23/h3-12,15,17,20,26H,2,13-14,16H2,1H3,(H,29,30). The number of aromatic amines is 1. The van der Waals surface area contributed by atoms with E-state index in [9.17, 15) is 0 Å². The van der Waals surface area contributed by atoms with E-state index in [2.05, 4.69) is 67.6 Å². The van der Waals surface area contributed by atoms with Gasteiger partial charge in [0.2, 0.25) is 0 Å². The minimum atomic E-state index is 0.548. The molecule has 1 saturated heterocycles. The molecule has 1 fully saturated rings. The number of benzene rings is 1. The van der Waals surface area contributed by atoms with Crippen LogP contribution in [0.3, 0.4) is 0 Å². The summed E-state index contributed by atoms with van der Waals surface area (Å²) in [6.45, 7) is 5.38. The van der Waals surface area contributed by atoms with Crippen molar-refractivity contribution in [2.45, 2.75) is 19.4 Å². The molecule has 1 unspecified atom stereocenters. The van der Waals surface area contributed by atoms with Crippen molar-refractivity contribution in [2.24, 2.45) is 0 Å². The van der Waals surface area contributed by atoms with Crippen LogP contribution in [0.15, 0.2) is 73.2 Å². The predicted molar refractivity (Wildman–Crippen MR) is 125 cm³/mol. The number of hydrogen-bond donors (Lipinski definition) is 2. The fourth-order valence-electron chi connectivity index (χ4n) is 4.25. The fraction of sp³-hybridized carbons (Fsp3) is 0.240. The van der Waals surface area contributed by atoms with Crippen molar-refractivity contribution in [1.82, 2.24) is 25.5 Å². The average Bonchev–Trinajstić information content (AvgIpc) is 3.35. The summed E-state index contributed by atoms with van der Waals surface area (Å²) >= 11 is 0. The molecule has 5 rings (SSSR count). The Labute approximate surface area is 182 Å². The molecule has 0 aliphatic carbocycles. The Kier molecular flexibility index (Phi) is 5.46. The fourth-order valence-corrected chi connectivity index (χ4v) is 4.25. The zero-order valence-corrected chi connectivity index (χ0v) is 17.6. The maximum absolute atomic E-state index is 4.63. The number of piperazine rings is 1. The largest absolute Gasteiger partial charge is 0.366 e. The molecule has 1 aliphatic rings. The van der Waals surface area contributed by atoms with Gasteiger partial charge in [-0.15, -0.1) is 0 Å². The molecule has 3 aromatic heterocycles. The lowest BCUT2D eigenvalue weighted by atomic mass is 10.0. The highest BCUT2D eigenvalue weighted by molar-refractivity contribution is 5.80. The van der Waals surface area contributed by atoms with Gasteiger partial charge in [0.25, 0.3) is 0 Å². The van der Waals surface area contributed by atoms with Gasteiger partial charge in [0.1, 0.15) is 5.69 Å².